The lowest BCUT2D eigenvalue weighted by atomic mass is 10.2. The van der Waals surface area contributed by atoms with Gasteiger partial charge in [-0.05, 0) is 48.0 Å². The summed E-state index contributed by atoms with van der Waals surface area (Å²) in [5, 5.41) is 6.06. The third kappa shape index (κ3) is 6.18. The molecule has 0 aliphatic rings. The zero-order chi connectivity index (χ0) is 19.8. The molecule has 0 unspecified atom stereocenters. The second-order valence-electron chi connectivity index (χ2n) is 6.18. The number of halogens is 2. The van der Waals surface area contributed by atoms with Crippen molar-refractivity contribution in [2.75, 3.05) is 11.9 Å². The number of carbonyl (C=O) groups excluding carboxylic acids is 1. The Balaban J connectivity index is 1.50. The van der Waals surface area contributed by atoms with E-state index < -0.39 is 0 Å². The Morgan fingerprint density at radius 3 is 2.39 bits per heavy atom. The summed E-state index contributed by atoms with van der Waals surface area (Å²) in [5.74, 6) is 0.00288. The van der Waals surface area contributed by atoms with Crippen LogP contribution in [0.25, 0.3) is 0 Å². The van der Waals surface area contributed by atoms with E-state index in [4.69, 9.17) is 4.74 Å². The molecule has 0 heterocycles. The third-order valence-electron chi connectivity index (χ3n) is 4.02. The van der Waals surface area contributed by atoms with Crippen LogP contribution in [0.5, 0.6) is 5.75 Å². The Bertz CT molecular complexity index is 915. The average molecular weight is 443 g/mol. The van der Waals surface area contributed by atoms with Crippen molar-refractivity contribution < 1.29 is 13.9 Å². The van der Waals surface area contributed by atoms with Crippen LogP contribution in [0.15, 0.2) is 77.3 Å². The second-order valence-corrected chi connectivity index (χ2v) is 7.10. The van der Waals surface area contributed by atoms with Crippen molar-refractivity contribution in [3.8, 4) is 5.75 Å². The Kier molecular flexibility index (Phi) is 7.17. The van der Waals surface area contributed by atoms with Crippen molar-refractivity contribution in [3.63, 3.8) is 0 Å². The number of amides is 1. The van der Waals surface area contributed by atoms with Crippen LogP contribution >= 0.6 is 15.9 Å². The largest absolute Gasteiger partial charge is 0.483 e. The van der Waals surface area contributed by atoms with E-state index >= 15 is 0 Å². The summed E-state index contributed by atoms with van der Waals surface area (Å²) in [4.78, 5) is 12.1. The molecule has 28 heavy (non-hydrogen) atoms. The fourth-order valence-corrected chi connectivity index (χ4v) is 2.87. The van der Waals surface area contributed by atoms with Gasteiger partial charge in [0.1, 0.15) is 11.6 Å². The van der Waals surface area contributed by atoms with E-state index in [2.05, 4.69) is 38.7 Å². The van der Waals surface area contributed by atoms with Gasteiger partial charge in [0, 0.05) is 28.8 Å². The molecular formula is C22H20BrFN2O2. The molecule has 3 rings (SSSR count). The first-order valence-electron chi connectivity index (χ1n) is 8.81. The minimum absolute atomic E-state index is 0.124. The first-order valence-corrected chi connectivity index (χ1v) is 9.61. The van der Waals surface area contributed by atoms with E-state index in [-0.39, 0.29) is 18.3 Å². The molecule has 0 saturated carbocycles. The Hall–Kier alpha value is -2.70. The van der Waals surface area contributed by atoms with Gasteiger partial charge in [-0.15, -0.1) is 0 Å². The van der Waals surface area contributed by atoms with E-state index in [9.17, 15) is 9.18 Å². The van der Waals surface area contributed by atoms with Crippen molar-refractivity contribution in [1.29, 1.82) is 0 Å². The average Bonchev–Trinajstić information content (AvgIpc) is 2.70. The van der Waals surface area contributed by atoms with Gasteiger partial charge in [0.2, 0.25) is 0 Å². The van der Waals surface area contributed by atoms with Crippen molar-refractivity contribution >= 4 is 27.5 Å². The number of ether oxygens (including phenoxy) is 1. The topological polar surface area (TPSA) is 50.4 Å². The monoisotopic (exact) mass is 442 g/mol. The fraction of sp³-hybridized carbons (Fsp3) is 0.136. The predicted octanol–water partition coefficient (Wildman–Crippen LogP) is 4.90. The van der Waals surface area contributed by atoms with Gasteiger partial charge >= 0.3 is 0 Å². The standard InChI is InChI=1S/C22H20BrFN2O2/c23-18-7-5-16(6-8-18)13-25-14-17-3-1-2-4-21(17)28-15-22(27)26-20-11-9-19(24)10-12-20/h1-12,25H,13-15H2,(H,26,27). The quantitative estimate of drug-likeness (QED) is 0.521. The van der Waals surface area contributed by atoms with Gasteiger partial charge in [-0.1, -0.05) is 46.3 Å². The molecule has 1 amide bonds. The van der Waals surface area contributed by atoms with Crippen molar-refractivity contribution in [3.05, 3.63) is 94.2 Å². The maximum atomic E-state index is 12.9. The summed E-state index contributed by atoms with van der Waals surface area (Å²) < 4.78 is 19.7. The summed E-state index contributed by atoms with van der Waals surface area (Å²) in [5.41, 5.74) is 2.67. The molecule has 0 atom stereocenters. The number of benzene rings is 3. The normalized spacial score (nSPS) is 10.5. The van der Waals surface area contributed by atoms with Crippen molar-refractivity contribution in [2.45, 2.75) is 13.1 Å². The molecule has 3 aromatic rings. The Morgan fingerprint density at radius 1 is 0.929 bits per heavy atom. The molecule has 0 radical (unpaired) electrons. The van der Waals surface area contributed by atoms with Gasteiger partial charge in [-0.25, -0.2) is 4.39 Å². The summed E-state index contributed by atoms with van der Waals surface area (Å²) in [6.07, 6.45) is 0. The van der Waals surface area contributed by atoms with E-state index in [1.54, 1.807) is 0 Å². The van der Waals surface area contributed by atoms with Gasteiger partial charge in [-0.2, -0.15) is 0 Å². The molecule has 0 fully saturated rings. The SMILES string of the molecule is O=C(COc1ccccc1CNCc1ccc(Br)cc1)Nc1ccc(F)cc1. The van der Waals surface area contributed by atoms with Crippen LogP contribution < -0.4 is 15.4 Å². The lowest BCUT2D eigenvalue weighted by molar-refractivity contribution is -0.118. The highest BCUT2D eigenvalue weighted by molar-refractivity contribution is 9.10. The van der Waals surface area contributed by atoms with E-state index in [0.29, 0.717) is 18.0 Å². The number of hydrogen-bond acceptors (Lipinski definition) is 3. The minimum Gasteiger partial charge on any atom is -0.483 e. The number of para-hydroxylation sites is 1. The molecule has 0 aliphatic carbocycles. The van der Waals surface area contributed by atoms with Gasteiger partial charge in [0.25, 0.3) is 5.91 Å². The summed E-state index contributed by atoms with van der Waals surface area (Å²) in [6, 6.07) is 21.3. The van der Waals surface area contributed by atoms with Crippen LogP contribution in [0.4, 0.5) is 10.1 Å². The summed E-state index contributed by atoms with van der Waals surface area (Å²) >= 11 is 3.43. The Labute approximate surface area is 171 Å². The summed E-state index contributed by atoms with van der Waals surface area (Å²) in [6.45, 7) is 1.22. The molecule has 0 saturated heterocycles. The van der Waals surface area contributed by atoms with Crippen LogP contribution in [0.1, 0.15) is 11.1 Å². The van der Waals surface area contributed by atoms with E-state index in [0.717, 1.165) is 16.6 Å². The lowest BCUT2D eigenvalue weighted by Gasteiger charge is -2.12. The van der Waals surface area contributed by atoms with E-state index in [1.807, 2.05) is 36.4 Å². The van der Waals surface area contributed by atoms with Crippen LogP contribution in [-0.4, -0.2) is 12.5 Å². The number of anilines is 1. The van der Waals surface area contributed by atoms with Crippen LogP contribution in [0.2, 0.25) is 0 Å². The van der Waals surface area contributed by atoms with Crippen LogP contribution in [0.3, 0.4) is 0 Å². The highest BCUT2D eigenvalue weighted by Crippen LogP contribution is 2.18. The van der Waals surface area contributed by atoms with Gasteiger partial charge in [0.15, 0.2) is 6.61 Å². The molecule has 6 heteroatoms. The molecule has 0 aliphatic heterocycles. The minimum atomic E-state index is -0.348. The van der Waals surface area contributed by atoms with E-state index in [1.165, 1.54) is 29.8 Å². The van der Waals surface area contributed by atoms with Gasteiger partial charge in [0.05, 0.1) is 0 Å². The zero-order valence-electron chi connectivity index (χ0n) is 15.1. The van der Waals surface area contributed by atoms with Crippen LogP contribution in [-0.2, 0) is 17.9 Å². The highest BCUT2D eigenvalue weighted by atomic mass is 79.9. The first-order chi connectivity index (χ1) is 13.6. The molecule has 144 valence electrons. The number of rotatable bonds is 8. The fourth-order valence-electron chi connectivity index (χ4n) is 2.61. The van der Waals surface area contributed by atoms with Crippen molar-refractivity contribution in [1.82, 2.24) is 5.32 Å². The maximum absolute atomic E-state index is 12.9. The lowest BCUT2D eigenvalue weighted by Crippen LogP contribution is -2.21. The summed E-state index contributed by atoms with van der Waals surface area (Å²) in [7, 11) is 0. The van der Waals surface area contributed by atoms with Gasteiger partial charge < -0.3 is 15.4 Å². The number of hydrogen-bond donors (Lipinski definition) is 2. The Morgan fingerprint density at radius 2 is 1.64 bits per heavy atom. The first kappa shape index (κ1) is 20.0. The zero-order valence-corrected chi connectivity index (χ0v) is 16.7. The number of carbonyl (C=O) groups is 1. The molecule has 2 N–H and O–H groups in total. The molecular weight excluding hydrogens is 423 g/mol. The third-order valence-corrected chi connectivity index (χ3v) is 4.55. The van der Waals surface area contributed by atoms with Gasteiger partial charge in [-0.3, -0.25) is 4.79 Å². The maximum Gasteiger partial charge on any atom is 0.262 e. The second kappa shape index (κ2) is 10.0. The smallest absolute Gasteiger partial charge is 0.262 e. The molecule has 0 aromatic heterocycles. The molecule has 0 bridgehead atoms. The van der Waals surface area contributed by atoms with Crippen LogP contribution in [0, 0.1) is 5.82 Å². The molecule has 3 aromatic carbocycles. The van der Waals surface area contributed by atoms with Crippen molar-refractivity contribution in [2.24, 2.45) is 0 Å². The predicted molar refractivity (Wildman–Crippen MR) is 112 cm³/mol. The molecule has 4 nitrogen and oxygen atoms in total. The molecule has 0 spiro atoms. The highest BCUT2D eigenvalue weighted by Gasteiger charge is 2.07. The number of nitrogens with one attached hydrogen (secondary N) is 2.